The molecule has 0 radical (unpaired) electrons. The van der Waals surface area contributed by atoms with E-state index in [0.29, 0.717) is 6.54 Å². The van der Waals surface area contributed by atoms with E-state index < -0.39 is 0 Å². The van der Waals surface area contributed by atoms with E-state index in [1.807, 2.05) is 43.3 Å². The third kappa shape index (κ3) is 4.59. The third-order valence-electron chi connectivity index (χ3n) is 4.40. The van der Waals surface area contributed by atoms with Gasteiger partial charge in [-0.3, -0.25) is 0 Å². The summed E-state index contributed by atoms with van der Waals surface area (Å²) in [6.07, 6.45) is 0.872. The lowest BCUT2D eigenvalue weighted by Gasteiger charge is -2.19. The van der Waals surface area contributed by atoms with E-state index in [0.717, 1.165) is 30.0 Å². The maximum absolute atomic E-state index is 12.1. The van der Waals surface area contributed by atoms with Gasteiger partial charge >= 0.3 is 6.03 Å². The smallest absolute Gasteiger partial charge is 0.315 e. The van der Waals surface area contributed by atoms with Crippen molar-refractivity contribution in [2.45, 2.75) is 19.4 Å². The zero-order valence-electron chi connectivity index (χ0n) is 15.2. The highest BCUT2D eigenvalue weighted by atomic mass is 16.7. The molecule has 2 aromatic rings. The number of benzene rings is 2. The highest BCUT2D eigenvalue weighted by Gasteiger charge is 2.16. The van der Waals surface area contributed by atoms with Crippen molar-refractivity contribution in [3.8, 4) is 11.5 Å². The van der Waals surface area contributed by atoms with Crippen LogP contribution in [0.2, 0.25) is 0 Å². The molecule has 26 heavy (non-hydrogen) atoms. The van der Waals surface area contributed by atoms with Gasteiger partial charge in [-0.05, 0) is 43.2 Å². The molecule has 6 nitrogen and oxygen atoms in total. The van der Waals surface area contributed by atoms with Crippen LogP contribution in [0.15, 0.2) is 48.5 Å². The molecule has 6 heteroatoms. The Labute approximate surface area is 154 Å². The highest BCUT2D eigenvalue weighted by Crippen LogP contribution is 2.34. The standard InChI is InChI=1S/C20H25N3O3/c1-15(16-9-10-18-19(13-16)26-14-25-18)22-20(24)21-11-6-12-23(2)17-7-4-3-5-8-17/h3-5,7-10,13,15H,6,11-12,14H2,1-2H3,(H2,21,22,24). The number of amides is 2. The number of fused-ring (bicyclic) bond motifs is 1. The van der Waals surface area contributed by atoms with Gasteiger partial charge in [0.15, 0.2) is 11.5 Å². The van der Waals surface area contributed by atoms with E-state index in [2.05, 4.69) is 34.7 Å². The second kappa shape index (κ2) is 8.47. The van der Waals surface area contributed by atoms with Crippen molar-refractivity contribution < 1.29 is 14.3 Å². The van der Waals surface area contributed by atoms with Gasteiger partial charge in [0.2, 0.25) is 6.79 Å². The molecule has 1 atom stereocenters. The first-order chi connectivity index (χ1) is 12.6. The molecule has 1 aliphatic heterocycles. The Kier molecular flexibility index (Phi) is 5.84. The second-order valence-corrected chi connectivity index (χ2v) is 6.35. The maximum Gasteiger partial charge on any atom is 0.315 e. The molecular formula is C20H25N3O3. The number of nitrogens with one attached hydrogen (secondary N) is 2. The molecular weight excluding hydrogens is 330 g/mol. The summed E-state index contributed by atoms with van der Waals surface area (Å²) in [5, 5.41) is 5.86. The predicted octanol–water partition coefficient (Wildman–Crippen LogP) is 3.30. The van der Waals surface area contributed by atoms with Crippen LogP contribution in [0, 0.1) is 0 Å². The first-order valence-corrected chi connectivity index (χ1v) is 8.83. The number of carbonyl (C=O) groups is 1. The van der Waals surface area contributed by atoms with Crippen LogP contribution in [0.25, 0.3) is 0 Å². The molecule has 1 aliphatic rings. The summed E-state index contributed by atoms with van der Waals surface area (Å²) in [6.45, 7) is 3.69. The van der Waals surface area contributed by atoms with Crippen LogP contribution in [-0.4, -0.2) is 33.0 Å². The Morgan fingerprint density at radius 3 is 2.73 bits per heavy atom. The molecule has 2 amide bonds. The van der Waals surface area contributed by atoms with Gasteiger partial charge in [0, 0.05) is 25.8 Å². The molecule has 0 aliphatic carbocycles. The highest BCUT2D eigenvalue weighted by molar-refractivity contribution is 5.74. The van der Waals surface area contributed by atoms with E-state index in [9.17, 15) is 4.79 Å². The summed E-state index contributed by atoms with van der Waals surface area (Å²) in [5.74, 6) is 1.47. The predicted molar refractivity (Wildman–Crippen MR) is 102 cm³/mol. The van der Waals surface area contributed by atoms with E-state index in [4.69, 9.17) is 9.47 Å². The Balaban J connectivity index is 1.38. The van der Waals surface area contributed by atoms with Gasteiger partial charge in [0.25, 0.3) is 0 Å². The van der Waals surface area contributed by atoms with Crippen LogP contribution in [0.5, 0.6) is 11.5 Å². The van der Waals surface area contributed by atoms with Crippen LogP contribution in [-0.2, 0) is 0 Å². The average molecular weight is 355 g/mol. The van der Waals surface area contributed by atoms with Gasteiger partial charge in [-0.2, -0.15) is 0 Å². The first-order valence-electron chi connectivity index (χ1n) is 8.83. The van der Waals surface area contributed by atoms with E-state index in [1.54, 1.807) is 0 Å². The maximum atomic E-state index is 12.1. The summed E-state index contributed by atoms with van der Waals surface area (Å²) < 4.78 is 10.7. The quantitative estimate of drug-likeness (QED) is 0.748. The number of hydrogen-bond donors (Lipinski definition) is 2. The van der Waals surface area contributed by atoms with Gasteiger partial charge in [-0.15, -0.1) is 0 Å². The first kappa shape index (κ1) is 17.9. The van der Waals surface area contributed by atoms with E-state index >= 15 is 0 Å². The molecule has 138 valence electrons. The fourth-order valence-electron chi connectivity index (χ4n) is 2.84. The second-order valence-electron chi connectivity index (χ2n) is 6.35. The summed E-state index contributed by atoms with van der Waals surface area (Å²) in [6, 6.07) is 15.6. The summed E-state index contributed by atoms with van der Waals surface area (Å²) >= 11 is 0. The summed E-state index contributed by atoms with van der Waals surface area (Å²) in [5.41, 5.74) is 2.15. The Hall–Kier alpha value is -2.89. The fraction of sp³-hybridized carbons (Fsp3) is 0.350. The van der Waals surface area contributed by atoms with Crippen molar-refractivity contribution in [1.29, 1.82) is 0 Å². The van der Waals surface area contributed by atoms with Gasteiger partial charge in [0.05, 0.1) is 6.04 Å². The SMILES string of the molecule is CC(NC(=O)NCCCN(C)c1ccccc1)c1ccc2c(c1)OCO2. The lowest BCUT2D eigenvalue weighted by molar-refractivity contribution is 0.174. The van der Waals surface area contributed by atoms with Crippen LogP contribution in [0.3, 0.4) is 0 Å². The number of para-hydroxylation sites is 1. The molecule has 0 saturated heterocycles. The molecule has 0 bridgehead atoms. The number of ether oxygens (including phenoxy) is 2. The minimum absolute atomic E-state index is 0.114. The van der Waals surface area contributed by atoms with E-state index in [-0.39, 0.29) is 18.9 Å². The lowest BCUT2D eigenvalue weighted by Crippen LogP contribution is -2.38. The Morgan fingerprint density at radius 1 is 1.15 bits per heavy atom. The number of urea groups is 1. The molecule has 3 rings (SSSR count). The van der Waals surface area contributed by atoms with Gasteiger partial charge in [-0.1, -0.05) is 24.3 Å². The number of rotatable bonds is 7. The fourth-order valence-corrected chi connectivity index (χ4v) is 2.84. The van der Waals surface area contributed by atoms with Crippen molar-refractivity contribution in [3.63, 3.8) is 0 Å². The largest absolute Gasteiger partial charge is 0.454 e. The number of anilines is 1. The van der Waals surface area contributed by atoms with Crippen molar-refractivity contribution in [2.24, 2.45) is 0 Å². The van der Waals surface area contributed by atoms with Crippen LogP contribution in [0.4, 0.5) is 10.5 Å². The van der Waals surface area contributed by atoms with Crippen molar-refractivity contribution >= 4 is 11.7 Å². The zero-order valence-corrected chi connectivity index (χ0v) is 15.2. The number of hydrogen-bond acceptors (Lipinski definition) is 4. The van der Waals surface area contributed by atoms with Gasteiger partial charge in [-0.25, -0.2) is 4.79 Å². The molecule has 0 saturated carbocycles. The monoisotopic (exact) mass is 355 g/mol. The third-order valence-corrected chi connectivity index (χ3v) is 4.40. The molecule has 1 unspecified atom stereocenters. The topological polar surface area (TPSA) is 62.8 Å². The van der Waals surface area contributed by atoms with Crippen molar-refractivity contribution in [1.82, 2.24) is 10.6 Å². The van der Waals surface area contributed by atoms with Crippen LogP contribution >= 0.6 is 0 Å². The molecule has 0 fully saturated rings. The molecule has 2 aromatic carbocycles. The molecule has 0 spiro atoms. The van der Waals surface area contributed by atoms with Crippen molar-refractivity contribution in [2.75, 3.05) is 31.8 Å². The molecule has 0 aromatic heterocycles. The normalized spacial score (nSPS) is 13.2. The molecule has 1 heterocycles. The van der Waals surface area contributed by atoms with Crippen molar-refractivity contribution in [3.05, 3.63) is 54.1 Å². The molecule has 2 N–H and O–H groups in total. The van der Waals surface area contributed by atoms with Gasteiger partial charge < -0.3 is 25.0 Å². The number of nitrogens with zero attached hydrogens (tertiary/aromatic N) is 1. The van der Waals surface area contributed by atoms with Crippen LogP contribution < -0.4 is 25.0 Å². The Morgan fingerprint density at radius 2 is 1.92 bits per heavy atom. The van der Waals surface area contributed by atoms with Crippen LogP contribution in [0.1, 0.15) is 24.9 Å². The minimum Gasteiger partial charge on any atom is -0.454 e. The average Bonchev–Trinajstić information content (AvgIpc) is 3.13. The summed E-state index contributed by atoms with van der Waals surface area (Å²) in [4.78, 5) is 14.3. The summed E-state index contributed by atoms with van der Waals surface area (Å²) in [7, 11) is 2.05. The Bertz CT molecular complexity index is 736. The lowest BCUT2D eigenvalue weighted by atomic mass is 10.1. The van der Waals surface area contributed by atoms with E-state index in [1.165, 1.54) is 5.69 Å². The number of carbonyl (C=O) groups excluding carboxylic acids is 1. The minimum atomic E-state index is -0.169. The van der Waals surface area contributed by atoms with Gasteiger partial charge in [0.1, 0.15) is 0 Å². The zero-order chi connectivity index (χ0) is 18.4.